The summed E-state index contributed by atoms with van der Waals surface area (Å²) < 4.78 is 25.9. The Kier molecular flexibility index (Phi) is 3.35. The van der Waals surface area contributed by atoms with E-state index < -0.39 is 11.6 Å². The molecule has 0 N–H and O–H groups in total. The molecule has 2 rings (SSSR count). The summed E-state index contributed by atoms with van der Waals surface area (Å²) >= 11 is 1.18. The Hall–Kier alpha value is -1.93. The van der Waals surface area contributed by atoms with Gasteiger partial charge in [0, 0.05) is 22.1 Å². The third kappa shape index (κ3) is 3.02. The van der Waals surface area contributed by atoms with Crippen molar-refractivity contribution < 1.29 is 8.78 Å². The van der Waals surface area contributed by atoms with Crippen molar-refractivity contribution in [3.05, 3.63) is 53.9 Å². The van der Waals surface area contributed by atoms with Crippen LogP contribution in [0.3, 0.4) is 0 Å². The lowest BCUT2D eigenvalue weighted by Crippen LogP contribution is -1.84. The lowest BCUT2D eigenvalue weighted by Gasteiger charge is -2.01. The van der Waals surface area contributed by atoms with Crippen LogP contribution >= 0.6 is 11.8 Å². The molecule has 0 bridgehead atoms. The fourth-order valence-electron chi connectivity index (χ4n) is 1.23. The van der Waals surface area contributed by atoms with Gasteiger partial charge in [-0.2, -0.15) is 5.26 Å². The molecule has 84 valence electrons. The Morgan fingerprint density at radius 1 is 1.06 bits per heavy atom. The smallest absolute Gasteiger partial charge is 0.140 e. The lowest BCUT2D eigenvalue weighted by atomic mass is 10.3. The number of aromatic nitrogens is 1. The maximum atomic E-state index is 12.9. The topological polar surface area (TPSA) is 36.7 Å². The number of hydrogen-bond acceptors (Lipinski definition) is 3. The molecule has 17 heavy (non-hydrogen) atoms. The van der Waals surface area contributed by atoms with Crippen molar-refractivity contribution in [2.75, 3.05) is 0 Å². The Balaban J connectivity index is 2.22. The van der Waals surface area contributed by atoms with Gasteiger partial charge in [-0.25, -0.2) is 13.8 Å². The van der Waals surface area contributed by atoms with Gasteiger partial charge in [-0.1, -0.05) is 11.8 Å². The van der Waals surface area contributed by atoms with Crippen LogP contribution in [0.15, 0.2) is 46.3 Å². The molecular formula is C12H6F2N2S. The van der Waals surface area contributed by atoms with Gasteiger partial charge in [-0.05, 0) is 24.3 Å². The number of pyridine rings is 1. The van der Waals surface area contributed by atoms with Crippen LogP contribution in [-0.4, -0.2) is 4.98 Å². The average molecular weight is 248 g/mol. The Morgan fingerprint density at radius 3 is 2.29 bits per heavy atom. The number of benzene rings is 1. The molecule has 0 aliphatic carbocycles. The van der Waals surface area contributed by atoms with E-state index in [1.807, 2.05) is 6.07 Å². The molecule has 1 aromatic carbocycles. The van der Waals surface area contributed by atoms with Crippen molar-refractivity contribution in [1.29, 1.82) is 5.26 Å². The average Bonchev–Trinajstić information content (AvgIpc) is 2.28. The van der Waals surface area contributed by atoms with Crippen LogP contribution in [0.5, 0.6) is 0 Å². The summed E-state index contributed by atoms with van der Waals surface area (Å²) in [6.45, 7) is 0. The highest BCUT2D eigenvalue weighted by Gasteiger charge is 2.03. The molecule has 0 fully saturated rings. The highest BCUT2D eigenvalue weighted by molar-refractivity contribution is 7.99. The summed E-state index contributed by atoms with van der Waals surface area (Å²) in [6, 6.07) is 8.43. The highest BCUT2D eigenvalue weighted by atomic mass is 32.2. The molecule has 0 saturated heterocycles. The number of rotatable bonds is 2. The standard InChI is InChI=1S/C12H6F2N2S/c13-8-3-9(14)5-12(4-8)17-11-2-1-10(6-15)16-7-11/h1-5,7H. The third-order valence-electron chi connectivity index (χ3n) is 1.92. The van der Waals surface area contributed by atoms with E-state index >= 15 is 0 Å². The van der Waals surface area contributed by atoms with Crippen LogP contribution < -0.4 is 0 Å². The van der Waals surface area contributed by atoms with Crippen molar-refractivity contribution in [3.63, 3.8) is 0 Å². The van der Waals surface area contributed by atoms with E-state index in [2.05, 4.69) is 4.98 Å². The molecule has 0 unspecified atom stereocenters. The molecule has 2 nitrogen and oxygen atoms in total. The molecule has 0 amide bonds. The second kappa shape index (κ2) is 4.93. The first-order chi connectivity index (χ1) is 8.17. The largest absolute Gasteiger partial charge is 0.244 e. The van der Waals surface area contributed by atoms with E-state index in [1.54, 1.807) is 12.1 Å². The summed E-state index contributed by atoms with van der Waals surface area (Å²) in [5.41, 5.74) is 0.305. The zero-order valence-corrected chi connectivity index (χ0v) is 9.34. The maximum absolute atomic E-state index is 12.9. The van der Waals surface area contributed by atoms with Crippen LogP contribution in [0.1, 0.15) is 5.69 Å². The summed E-state index contributed by atoms with van der Waals surface area (Å²) in [4.78, 5) is 5.04. The number of hydrogen-bond donors (Lipinski definition) is 0. The van der Waals surface area contributed by atoms with E-state index in [-0.39, 0.29) is 0 Å². The minimum atomic E-state index is -0.617. The van der Waals surface area contributed by atoms with E-state index in [1.165, 1.54) is 30.1 Å². The van der Waals surface area contributed by atoms with Gasteiger partial charge in [0.1, 0.15) is 23.4 Å². The molecule has 2 aromatic rings. The maximum Gasteiger partial charge on any atom is 0.140 e. The number of nitriles is 1. The van der Waals surface area contributed by atoms with Gasteiger partial charge in [-0.3, -0.25) is 0 Å². The van der Waals surface area contributed by atoms with Gasteiger partial charge in [0.15, 0.2) is 0 Å². The first kappa shape index (κ1) is 11.6. The van der Waals surface area contributed by atoms with Crippen LogP contribution in [-0.2, 0) is 0 Å². The molecule has 0 spiro atoms. The van der Waals surface area contributed by atoms with Crippen molar-refractivity contribution in [2.24, 2.45) is 0 Å². The van der Waals surface area contributed by atoms with E-state index in [0.717, 1.165) is 6.07 Å². The fourth-order valence-corrected chi connectivity index (χ4v) is 2.09. The summed E-state index contributed by atoms with van der Waals surface area (Å²) in [7, 11) is 0. The summed E-state index contributed by atoms with van der Waals surface area (Å²) in [5, 5.41) is 8.57. The van der Waals surface area contributed by atoms with Gasteiger partial charge in [0.2, 0.25) is 0 Å². The fraction of sp³-hybridized carbons (Fsp3) is 0. The number of halogens is 2. The monoisotopic (exact) mass is 248 g/mol. The Morgan fingerprint density at radius 2 is 1.76 bits per heavy atom. The first-order valence-corrected chi connectivity index (χ1v) is 5.49. The molecule has 0 aliphatic heterocycles. The number of nitrogens with zero attached hydrogens (tertiary/aromatic N) is 2. The van der Waals surface area contributed by atoms with E-state index in [9.17, 15) is 8.78 Å². The quantitative estimate of drug-likeness (QED) is 0.817. The van der Waals surface area contributed by atoms with Crippen LogP contribution in [0.2, 0.25) is 0 Å². The van der Waals surface area contributed by atoms with Gasteiger partial charge in [0.25, 0.3) is 0 Å². The van der Waals surface area contributed by atoms with Gasteiger partial charge < -0.3 is 0 Å². The molecule has 1 aromatic heterocycles. The van der Waals surface area contributed by atoms with Crippen LogP contribution in [0.25, 0.3) is 0 Å². The molecular weight excluding hydrogens is 242 g/mol. The van der Waals surface area contributed by atoms with Gasteiger partial charge >= 0.3 is 0 Å². The minimum Gasteiger partial charge on any atom is -0.244 e. The second-order valence-electron chi connectivity index (χ2n) is 3.20. The summed E-state index contributed by atoms with van der Waals surface area (Å²) in [5.74, 6) is -1.23. The Bertz CT molecular complexity index is 556. The van der Waals surface area contributed by atoms with Crippen LogP contribution in [0, 0.1) is 23.0 Å². The first-order valence-electron chi connectivity index (χ1n) is 4.67. The SMILES string of the molecule is N#Cc1ccc(Sc2cc(F)cc(F)c2)cn1. The lowest BCUT2D eigenvalue weighted by molar-refractivity contribution is 0.577. The molecule has 0 atom stereocenters. The summed E-state index contributed by atoms with van der Waals surface area (Å²) in [6.07, 6.45) is 1.49. The zero-order valence-electron chi connectivity index (χ0n) is 8.52. The van der Waals surface area contributed by atoms with Gasteiger partial charge in [-0.15, -0.1) is 0 Å². The third-order valence-corrected chi connectivity index (χ3v) is 2.87. The van der Waals surface area contributed by atoms with Gasteiger partial charge in [0.05, 0.1) is 0 Å². The normalized spacial score (nSPS) is 9.94. The van der Waals surface area contributed by atoms with Crippen molar-refractivity contribution in [3.8, 4) is 6.07 Å². The van der Waals surface area contributed by atoms with Crippen molar-refractivity contribution >= 4 is 11.8 Å². The molecule has 1 heterocycles. The zero-order chi connectivity index (χ0) is 12.3. The van der Waals surface area contributed by atoms with E-state index in [0.29, 0.717) is 15.5 Å². The molecule has 0 saturated carbocycles. The van der Waals surface area contributed by atoms with E-state index in [4.69, 9.17) is 5.26 Å². The van der Waals surface area contributed by atoms with Crippen LogP contribution in [0.4, 0.5) is 8.78 Å². The predicted molar refractivity (Wildman–Crippen MR) is 59.4 cm³/mol. The molecule has 0 aliphatic rings. The minimum absolute atomic E-state index is 0.305. The molecule has 0 radical (unpaired) electrons. The molecule has 5 heteroatoms. The highest BCUT2D eigenvalue weighted by Crippen LogP contribution is 2.28. The second-order valence-corrected chi connectivity index (χ2v) is 4.35. The van der Waals surface area contributed by atoms with Crippen molar-refractivity contribution in [1.82, 2.24) is 4.98 Å². The predicted octanol–water partition coefficient (Wildman–Crippen LogP) is 3.38. The Labute approximate surface area is 101 Å². The van der Waals surface area contributed by atoms with Crippen molar-refractivity contribution in [2.45, 2.75) is 9.79 Å².